The lowest BCUT2D eigenvalue weighted by molar-refractivity contribution is -0.153. The Morgan fingerprint density at radius 1 is 0.871 bits per heavy atom. The average molecular weight is 417 g/mol. The summed E-state index contributed by atoms with van der Waals surface area (Å²) >= 11 is 0. The van der Waals surface area contributed by atoms with Gasteiger partial charge in [-0.25, -0.2) is 0 Å². The predicted octanol–water partition coefficient (Wildman–Crippen LogP) is 6.61. The fourth-order valence-electron chi connectivity index (χ4n) is 6.34. The van der Waals surface area contributed by atoms with Gasteiger partial charge in [0.05, 0.1) is 11.8 Å². The summed E-state index contributed by atoms with van der Waals surface area (Å²) in [6.07, 6.45) is 10.3. The molecule has 2 atom stereocenters. The summed E-state index contributed by atoms with van der Waals surface area (Å²) in [5.74, 6) is 1.25. The minimum atomic E-state index is -0.0991. The zero-order valence-electron chi connectivity index (χ0n) is 19.0. The molecule has 0 radical (unpaired) electrons. The maximum absolute atomic E-state index is 7.03. The van der Waals surface area contributed by atoms with Crippen molar-refractivity contribution >= 4 is 10.9 Å². The maximum Gasteiger partial charge on any atom is 0.109 e. The number of nitrogens with one attached hydrogen (secondary N) is 2. The van der Waals surface area contributed by atoms with E-state index in [1.807, 2.05) is 14.1 Å². The summed E-state index contributed by atoms with van der Waals surface area (Å²) in [5, 5.41) is 4.20. The van der Waals surface area contributed by atoms with Gasteiger partial charge in [0.1, 0.15) is 5.60 Å². The number of fused-ring (bicyclic) bond motifs is 6. The molecule has 0 saturated heterocycles. The lowest BCUT2D eigenvalue weighted by Gasteiger charge is -2.49. The second kappa shape index (κ2) is 8.80. The van der Waals surface area contributed by atoms with Crippen molar-refractivity contribution in [2.75, 3.05) is 14.1 Å². The Morgan fingerprint density at radius 3 is 2.32 bits per heavy atom. The molecule has 1 aromatic heterocycles. The molecule has 164 valence electrons. The maximum atomic E-state index is 7.03. The van der Waals surface area contributed by atoms with Crippen molar-refractivity contribution in [3.8, 4) is 0 Å². The van der Waals surface area contributed by atoms with Crippen LogP contribution in [0.2, 0.25) is 0 Å². The molecular weight excluding hydrogens is 380 g/mol. The molecule has 2 saturated carbocycles. The number of rotatable bonds is 1. The Bertz CT molecular complexity index is 1000. The number of ether oxygens (including phenoxy) is 1. The van der Waals surface area contributed by atoms with E-state index in [0.717, 1.165) is 12.8 Å². The van der Waals surface area contributed by atoms with Crippen LogP contribution in [0.4, 0.5) is 0 Å². The van der Waals surface area contributed by atoms with Crippen LogP contribution in [0.5, 0.6) is 0 Å². The quantitative estimate of drug-likeness (QED) is 0.468. The molecular formula is C28H36N2O. The molecule has 3 heteroatoms. The van der Waals surface area contributed by atoms with Crippen LogP contribution in [-0.2, 0) is 10.3 Å². The van der Waals surface area contributed by atoms with Crippen molar-refractivity contribution in [2.24, 2.45) is 0 Å². The van der Waals surface area contributed by atoms with Crippen molar-refractivity contribution < 1.29 is 4.74 Å². The first kappa shape index (κ1) is 20.8. The van der Waals surface area contributed by atoms with Crippen molar-refractivity contribution in [1.82, 2.24) is 10.3 Å². The number of aromatic nitrogens is 1. The molecule has 0 bridgehead atoms. The number of hydrogen-bond donors (Lipinski definition) is 2. The third-order valence-electron chi connectivity index (χ3n) is 7.72. The standard InChI is InChI=1S/C26H29NO.C2H7N/c1-2-8-18(9-3-1)19-14-16-26(17-15-19)25-24(20-10-4-6-12-22(20)27-25)21-11-5-7-13-23(21)28-26;1-3-2/h1-4,6,8-10,12,19,21,23,27H,5,7,11,13-17H2;3H,1-2H3. The Morgan fingerprint density at radius 2 is 1.55 bits per heavy atom. The van der Waals surface area contributed by atoms with Gasteiger partial charge in [0.25, 0.3) is 0 Å². The highest BCUT2D eigenvalue weighted by Gasteiger charge is 2.49. The van der Waals surface area contributed by atoms with Crippen molar-refractivity contribution in [3.63, 3.8) is 0 Å². The first-order valence-electron chi connectivity index (χ1n) is 12.2. The van der Waals surface area contributed by atoms with Crippen LogP contribution in [0.15, 0.2) is 54.6 Å². The molecule has 31 heavy (non-hydrogen) atoms. The van der Waals surface area contributed by atoms with Gasteiger partial charge in [0.15, 0.2) is 0 Å². The third kappa shape index (κ3) is 3.72. The lowest BCUT2D eigenvalue weighted by atomic mass is 9.69. The Balaban J connectivity index is 0.000000646. The summed E-state index contributed by atoms with van der Waals surface area (Å²) < 4.78 is 7.03. The highest BCUT2D eigenvalue weighted by Crippen LogP contribution is 2.55. The molecule has 0 amide bonds. The van der Waals surface area contributed by atoms with Gasteiger partial charge >= 0.3 is 0 Å². The third-order valence-corrected chi connectivity index (χ3v) is 7.72. The summed E-state index contributed by atoms with van der Waals surface area (Å²) in [6.45, 7) is 0. The second-order valence-electron chi connectivity index (χ2n) is 9.69. The Labute approximate surface area is 186 Å². The van der Waals surface area contributed by atoms with Gasteiger partial charge in [0, 0.05) is 16.8 Å². The highest BCUT2D eigenvalue weighted by molar-refractivity contribution is 5.86. The molecule has 1 spiro atoms. The highest BCUT2D eigenvalue weighted by atomic mass is 16.5. The summed E-state index contributed by atoms with van der Waals surface area (Å²) in [5.41, 5.74) is 5.72. The number of H-pyrrole nitrogens is 1. The van der Waals surface area contributed by atoms with E-state index in [1.165, 1.54) is 60.7 Å². The zero-order valence-corrected chi connectivity index (χ0v) is 19.0. The van der Waals surface area contributed by atoms with E-state index in [0.29, 0.717) is 17.9 Å². The lowest BCUT2D eigenvalue weighted by Crippen LogP contribution is -2.45. The minimum absolute atomic E-state index is 0.0991. The van der Waals surface area contributed by atoms with Crippen LogP contribution < -0.4 is 5.32 Å². The number of hydrogen-bond acceptors (Lipinski definition) is 2. The molecule has 3 aromatic rings. The van der Waals surface area contributed by atoms with E-state index in [4.69, 9.17) is 4.74 Å². The van der Waals surface area contributed by atoms with Gasteiger partial charge < -0.3 is 15.0 Å². The van der Waals surface area contributed by atoms with Gasteiger partial charge in [-0.2, -0.15) is 0 Å². The summed E-state index contributed by atoms with van der Waals surface area (Å²) in [7, 11) is 3.75. The zero-order chi connectivity index (χ0) is 21.3. The van der Waals surface area contributed by atoms with Crippen LogP contribution in [-0.4, -0.2) is 25.2 Å². The van der Waals surface area contributed by atoms with Gasteiger partial charge in [-0.05, 0) is 75.7 Å². The second-order valence-corrected chi connectivity index (χ2v) is 9.69. The Kier molecular flexibility index (Phi) is 5.90. The van der Waals surface area contributed by atoms with E-state index in [1.54, 1.807) is 5.56 Å². The van der Waals surface area contributed by atoms with Crippen LogP contribution in [0.3, 0.4) is 0 Å². The molecule has 2 unspecified atom stereocenters. The predicted molar refractivity (Wildman–Crippen MR) is 129 cm³/mol. The van der Waals surface area contributed by atoms with Gasteiger partial charge in [0.2, 0.25) is 0 Å². The smallest absolute Gasteiger partial charge is 0.109 e. The SMILES string of the molecule is CNC.c1ccc(C2CCC3(CC2)OC2CCCCC2c2c3[nH]c3ccccc23)cc1. The van der Waals surface area contributed by atoms with Crippen molar-refractivity contribution in [2.45, 2.75) is 74.9 Å². The molecule has 2 aromatic carbocycles. The number of aromatic amines is 1. The number of benzene rings is 2. The van der Waals surface area contributed by atoms with Gasteiger partial charge in [-0.1, -0.05) is 61.4 Å². The van der Waals surface area contributed by atoms with Gasteiger partial charge in [-0.3, -0.25) is 0 Å². The van der Waals surface area contributed by atoms with E-state index < -0.39 is 0 Å². The molecule has 2 aliphatic carbocycles. The topological polar surface area (TPSA) is 37.0 Å². The van der Waals surface area contributed by atoms with E-state index in [-0.39, 0.29) is 5.60 Å². The molecule has 2 heterocycles. The first-order valence-corrected chi connectivity index (χ1v) is 12.2. The average Bonchev–Trinajstić information content (AvgIpc) is 3.22. The summed E-state index contributed by atoms with van der Waals surface area (Å²) in [4.78, 5) is 3.84. The van der Waals surface area contributed by atoms with Crippen molar-refractivity contribution in [3.05, 3.63) is 71.4 Å². The van der Waals surface area contributed by atoms with Crippen LogP contribution in [0, 0.1) is 0 Å². The van der Waals surface area contributed by atoms with E-state index >= 15 is 0 Å². The summed E-state index contributed by atoms with van der Waals surface area (Å²) in [6, 6.07) is 20.0. The monoisotopic (exact) mass is 416 g/mol. The molecule has 3 nitrogen and oxygen atoms in total. The molecule has 2 N–H and O–H groups in total. The first-order chi connectivity index (χ1) is 15.3. The van der Waals surface area contributed by atoms with Gasteiger partial charge in [-0.15, -0.1) is 0 Å². The number of para-hydroxylation sites is 1. The fourth-order valence-corrected chi connectivity index (χ4v) is 6.34. The van der Waals surface area contributed by atoms with Crippen LogP contribution in [0.1, 0.15) is 80.0 Å². The fraction of sp³-hybridized carbons (Fsp3) is 0.500. The van der Waals surface area contributed by atoms with E-state index in [9.17, 15) is 0 Å². The van der Waals surface area contributed by atoms with E-state index in [2.05, 4.69) is 64.9 Å². The van der Waals surface area contributed by atoms with Crippen LogP contribution >= 0.6 is 0 Å². The Hall–Kier alpha value is -2.10. The van der Waals surface area contributed by atoms with Crippen LogP contribution in [0.25, 0.3) is 10.9 Å². The molecule has 3 aliphatic rings. The minimum Gasteiger partial charge on any atom is -0.365 e. The van der Waals surface area contributed by atoms with Crippen molar-refractivity contribution in [1.29, 1.82) is 0 Å². The molecule has 2 fully saturated rings. The largest absolute Gasteiger partial charge is 0.365 e. The normalized spacial score (nSPS) is 29.7. The molecule has 6 rings (SSSR count). The molecule has 1 aliphatic heterocycles.